The molecule has 2 fully saturated rings. The normalized spacial score (nSPS) is 19.9. The fourth-order valence-electron chi connectivity index (χ4n) is 5.08. The molecule has 39 heavy (non-hydrogen) atoms. The van der Waals surface area contributed by atoms with Crippen LogP contribution in [0.15, 0.2) is 36.4 Å². The average molecular weight is 560 g/mol. The van der Waals surface area contributed by atoms with Gasteiger partial charge in [-0.1, -0.05) is 6.92 Å². The lowest BCUT2D eigenvalue weighted by molar-refractivity contribution is -0.137. The second kappa shape index (κ2) is 11.1. The van der Waals surface area contributed by atoms with Gasteiger partial charge in [0.1, 0.15) is 17.9 Å². The molecule has 2 aromatic carbocycles. The van der Waals surface area contributed by atoms with Gasteiger partial charge in [-0.25, -0.2) is 0 Å². The first-order chi connectivity index (χ1) is 18.4. The minimum atomic E-state index is -4.75. The van der Waals surface area contributed by atoms with Gasteiger partial charge >= 0.3 is 6.18 Å². The maximum absolute atomic E-state index is 13.6. The lowest BCUT2D eigenvalue weighted by Crippen LogP contribution is -2.50. The Morgan fingerprint density at radius 2 is 1.92 bits per heavy atom. The van der Waals surface area contributed by atoms with Crippen molar-refractivity contribution >= 4 is 34.6 Å². The van der Waals surface area contributed by atoms with Crippen LogP contribution in [0.5, 0.6) is 5.75 Å². The predicted octanol–water partition coefficient (Wildman–Crippen LogP) is 4.73. The van der Waals surface area contributed by atoms with Gasteiger partial charge in [-0.05, 0) is 81.4 Å². The third-order valence-electron chi connectivity index (χ3n) is 7.16. The van der Waals surface area contributed by atoms with Gasteiger partial charge in [0, 0.05) is 37.9 Å². The third kappa shape index (κ3) is 5.73. The SMILES string of the molecule is CCc1cc(N2C(=S)N(c3ccc(C#N)c(C(F)(F)F)c3)C(=O)C2(C)C)ccc1OCCN1CCN[C@@H](C)C1. The number of hydrogen-bond acceptors (Lipinski definition) is 6. The number of carbonyl (C=O) groups is 1. The number of alkyl halides is 3. The fraction of sp³-hybridized carbons (Fsp3) is 0.464. The van der Waals surface area contributed by atoms with E-state index < -0.39 is 28.7 Å². The van der Waals surface area contributed by atoms with E-state index in [-0.39, 0.29) is 10.8 Å². The van der Waals surface area contributed by atoms with Gasteiger partial charge in [0.25, 0.3) is 5.91 Å². The van der Waals surface area contributed by atoms with Gasteiger partial charge in [0.2, 0.25) is 0 Å². The van der Waals surface area contributed by atoms with Crippen LogP contribution < -0.4 is 19.9 Å². The molecule has 1 N–H and O–H groups in total. The summed E-state index contributed by atoms with van der Waals surface area (Å²) in [4.78, 5) is 18.6. The molecule has 2 aliphatic heterocycles. The first-order valence-electron chi connectivity index (χ1n) is 12.9. The van der Waals surface area contributed by atoms with E-state index in [0.29, 0.717) is 24.8 Å². The lowest BCUT2D eigenvalue weighted by Gasteiger charge is -2.32. The summed E-state index contributed by atoms with van der Waals surface area (Å²) >= 11 is 5.66. The van der Waals surface area contributed by atoms with Crippen LogP contribution in [0.3, 0.4) is 0 Å². The number of ether oxygens (including phenoxy) is 1. The highest BCUT2D eigenvalue weighted by Crippen LogP contribution is 2.40. The van der Waals surface area contributed by atoms with Crippen LogP contribution in [0.2, 0.25) is 0 Å². The second-order valence-corrected chi connectivity index (χ2v) is 10.7. The summed E-state index contributed by atoms with van der Waals surface area (Å²) in [6.07, 6.45) is -4.08. The maximum atomic E-state index is 13.6. The quantitative estimate of drug-likeness (QED) is 0.492. The van der Waals surface area contributed by atoms with Crippen LogP contribution in [-0.2, 0) is 17.4 Å². The number of thiocarbonyl (C=S) groups is 1. The molecule has 2 aliphatic rings. The molecule has 11 heteroatoms. The minimum absolute atomic E-state index is 0.0372. The van der Waals surface area contributed by atoms with Crippen LogP contribution in [0.25, 0.3) is 0 Å². The average Bonchev–Trinajstić information content (AvgIpc) is 3.06. The van der Waals surface area contributed by atoms with E-state index in [4.69, 9.17) is 22.2 Å². The Kier molecular flexibility index (Phi) is 8.21. The number of hydrogen-bond donors (Lipinski definition) is 1. The number of anilines is 2. The predicted molar refractivity (Wildman–Crippen MR) is 148 cm³/mol. The molecule has 2 aromatic rings. The number of nitrogens with zero attached hydrogens (tertiary/aromatic N) is 4. The molecule has 2 heterocycles. The van der Waals surface area contributed by atoms with Gasteiger partial charge in [-0.3, -0.25) is 14.6 Å². The number of aryl methyl sites for hydroxylation is 1. The molecule has 0 spiro atoms. The van der Waals surface area contributed by atoms with Crippen molar-refractivity contribution < 1.29 is 22.7 Å². The molecule has 0 bridgehead atoms. The standard InChI is InChI=1S/C28H32F3N5O2S/c1-5-19-14-22(8-9-24(19)38-13-12-34-11-10-33-18(2)17-34)36-26(39)35(25(37)27(36,3)4)21-7-6-20(16-32)23(15-21)28(29,30)31/h6-9,14-15,18,33H,5,10-13,17H2,1-4H3/t18-/m0/s1. The highest BCUT2D eigenvalue weighted by molar-refractivity contribution is 7.81. The first-order valence-corrected chi connectivity index (χ1v) is 13.3. The minimum Gasteiger partial charge on any atom is -0.492 e. The van der Waals surface area contributed by atoms with Gasteiger partial charge < -0.3 is 15.0 Å². The molecule has 208 valence electrons. The fourth-order valence-corrected chi connectivity index (χ4v) is 5.60. The van der Waals surface area contributed by atoms with Crippen LogP contribution in [-0.4, -0.2) is 60.3 Å². The van der Waals surface area contributed by atoms with Crippen molar-refractivity contribution in [1.82, 2.24) is 10.2 Å². The summed E-state index contributed by atoms with van der Waals surface area (Å²) in [5.41, 5.74) is -1.25. The number of carbonyl (C=O) groups excluding carboxylic acids is 1. The molecule has 4 rings (SSSR count). The molecule has 0 aromatic heterocycles. The molecular weight excluding hydrogens is 527 g/mol. The van der Waals surface area contributed by atoms with Gasteiger partial charge in [0.15, 0.2) is 5.11 Å². The molecule has 1 amide bonds. The van der Waals surface area contributed by atoms with E-state index >= 15 is 0 Å². The zero-order valence-corrected chi connectivity index (χ0v) is 23.2. The summed E-state index contributed by atoms with van der Waals surface area (Å²) in [6, 6.07) is 10.8. The van der Waals surface area contributed by atoms with Crippen LogP contribution >= 0.6 is 12.2 Å². The van der Waals surface area contributed by atoms with E-state index in [0.717, 1.165) is 54.5 Å². The van der Waals surface area contributed by atoms with E-state index in [1.807, 2.05) is 25.1 Å². The van der Waals surface area contributed by atoms with Crippen molar-refractivity contribution in [1.29, 1.82) is 5.26 Å². The van der Waals surface area contributed by atoms with Crippen LogP contribution in [0.1, 0.15) is 44.4 Å². The van der Waals surface area contributed by atoms with Crippen molar-refractivity contribution in [2.75, 3.05) is 42.6 Å². The smallest absolute Gasteiger partial charge is 0.417 e. The zero-order chi connectivity index (χ0) is 28.5. The highest BCUT2D eigenvalue weighted by Gasteiger charge is 2.50. The largest absolute Gasteiger partial charge is 0.492 e. The number of amides is 1. The molecule has 0 unspecified atom stereocenters. The Balaban J connectivity index is 1.58. The summed E-state index contributed by atoms with van der Waals surface area (Å²) in [5.74, 6) is 0.284. The number of rotatable bonds is 7. The monoisotopic (exact) mass is 559 g/mol. The van der Waals surface area contributed by atoms with E-state index in [9.17, 15) is 18.0 Å². The summed E-state index contributed by atoms with van der Waals surface area (Å²) in [7, 11) is 0. The Morgan fingerprint density at radius 3 is 2.56 bits per heavy atom. The molecule has 0 saturated carbocycles. The zero-order valence-electron chi connectivity index (χ0n) is 22.4. The Hall–Kier alpha value is -3.20. The second-order valence-electron chi connectivity index (χ2n) is 10.3. The first kappa shape index (κ1) is 28.8. The van der Waals surface area contributed by atoms with Crippen molar-refractivity contribution in [2.45, 2.75) is 51.9 Å². The van der Waals surface area contributed by atoms with Crippen LogP contribution in [0.4, 0.5) is 24.5 Å². The lowest BCUT2D eigenvalue weighted by atomic mass is 10.0. The Bertz CT molecular complexity index is 1310. The molecule has 2 saturated heterocycles. The molecule has 0 aliphatic carbocycles. The van der Waals surface area contributed by atoms with E-state index in [1.54, 1.807) is 24.8 Å². The Labute approximate surface area is 232 Å². The van der Waals surface area contributed by atoms with Gasteiger partial charge in [-0.2, -0.15) is 18.4 Å². The van der Waals surface area contributed by atoms with Gasteiger partial charge in [0.05, 0.1) is 22.9 Å². The van der Waals surface area contributed by atoms with Gasteiger partial charge in [-0.15, -0.1) is 0 Å². The highest BCUT2D eigenvalue weighted by atomic mass is 32.1. The molecule has 1 atom stereocenters. The number of nitrogens with one attached hydrogen (secondary N) is 1. The van der Waals surface area contributed by atoms with E-state index in [1.165, 1.54) is 6.07 Å². The summed E-state index contributed by atoms with van der Waals surface area (Å²) in [5, 5.41) is 12.6. The third-order valence-corrected chi connectivity index (χ3v) is 7.52. The van der Waals surface area contributed by atoms with Crippen LogP contribution in [0, 0.1) is 11.3 Å². The van der Waals surface area contributed by atoms with Crippen molar-refractivity contribution in [3.63, 3.8) is 0 Å². The van der Waals surface area contributed by atoms with Crippen molar-refractivity contribution in [2.24, 2.45) is 0 Å². The van der Waals surface area contributed by atoms with E-state index in [2.05, 4.69) is 17.1 Å². The topological polar surface area (TPSA) is 71.8 Å². The number of benzene rings is 2. The molecule has 0 radical (unpaired) electrons. The number of halogens is 3. The summed E-state index contributed by atoms with van der Waals surface area (Å²) in [6.45, 7) is 11.8. The number of nitriles is 1. The maximum Gasteiger partial charge on any atom is 0.417 e. The molecule has 7 nitrogen and oxygen atoms in total. The van der Waals surface area contributed by atoms with Crippen molar-refractivity contribution in [3.8, 4) is 11.8 Å². The summed E-state index contributed by atoms with van der Waals surface area (Å²) < 4.78 is 46.9. The Morgan fingerprint density at radius 1 is 1.21 bits per heavy atom. The molecular formula is C28H32F3N5O2S. The number of piperazine rings is 1. The van der Waals surface area contributed by atoms with Crippen molar-refractivity contribution in [3.05, 3.63) is 53.1 Å².